The van der Waals surface area contributed by atoms with Crippen LogP contribution in [0.5, 0.6) is 5.75 Å². The van der Waals surface area contributed by atoms with Crippen LogP contribution in [-0.4, -0.2) is 49.6 Å². The highest BCUT2D eigenvalue weighted by Gasteiger charge is 2.14. The zero-order chi connectivity index (χ0) is 22.7. The maximum absolute atomic E-state index is 12.5. The standard InChI is InChI=1S/C23H27N5O4.ClH/c1-26-21-20(22(30)27(2)23(26)31)28(15-25-21)12-6-11-24-13-17(29)14-32-19-10-5-8-16-7-3-4-9-18(16)19;/h3-5,7-10,15,17,24,29H,6,11-14H2,1-2H3;1H. The van der Waals surface area contributed by atoms with Gasteiger partial charge >= 0.3 is 5.69 Å². The van der Waals surface area contributed by atoms with E-state index in [0.29, 0.717) is 24.3 Å². The average molecular weight is 474 g/mol. The van der Waals surface area contributed by atoms with Crippen LogP contribution in [0.25, 0.3) is 21.9 Å². The molecule has 2 aromatic carbocycles. The summed E-state index contributed by atoms with van der Waals surface area (Å²) in [4.78, 5) is 28.7. The fourth-order valence-electron chi connectivity index (χ4n) is 3.86. The molecule has 0 saturated carbocycles. The third kappa shape index (κ3) is 5.11. The Kier molecular flexibility index (Phi) is 7.91. The number of hydrogen-bond donors (Lipinski definition) is 2. The predicted octanol–water partition coefficient (Wildman–Crippen LogP) is -3.02. The topological polar surface area (TPSA) is 108 Å². The van der Waals surface area contributed by atoms with Gasteiger partial charge in [-0.3, -0.25) is 13.9 Å². The zero-order valence-electron chi connectivity index (χ0n) is 18.6. The number of aliphatic hydroxyl groups excluding tert-OH is 1. The van der Waals surface area contributed by atoms with Crippen LogP contribution in [0.2, 0.25) is 0 Å². The van der Waals surface area contributed by atoms with E-state index in [2.05, 4.69) is 4.98 Å². The molecule has 4 rings (SSSR count). The van der Waals surface area contributed by atoms with Crippen LogP contribution >= 0.6 is 0 Å². The fourth-order valence-corrected chi connectivity index (χ4v) is 3.86. The number of halogens is 1. The van der Waals surface area contributed by atoms with E-state index in [9.17, 15) is 14.7 Å². The lowest BCUT2D eigenvalue weighted by Crippen LogP contribution is -3.00. The molecule has 2 heterocycles. The van der Waals surface area contributed by atoms with Crippen molar-refractivity contribution in [3.05, 3.63) is 69.6 Å². The van der Waals surface area contributed by atoms with Crippen molar-refractivity contribution in [1.29, 1.82) is 0 Å². The molecule has 4 aromatic rings. The number of ether oxygens (including phenoxy) is 1. The van der Waals surface area contributed by atoms with Crippen molar-refractivity contribution in [2.24, 2.45) is 14.1 Å². The van der Waals surface area contributed by atoms with Gasteiger partial charge in [0.1, 0.15) is 25.0 Å². The van der Waals surface area contributed by atoms with Crippen LogP contribution < -0.4 is 33.7 Å². The van der Waals surface area contributed by atoms with Gasteiger partial charge in [-0.05, 0) is 11.5 Å². The van der Waals surface area contributed by atoms with E-state index in [0.717, 1.165) is 34.1 Å². The summed E-state index contributed by atoms with van der Waals surface area (Å²) in [5.74, 6) is 0.769. The SMILES string of the molecule is Cn1c(=O)c2c(ncn2CCC[NH2+]CC(O)COc2cccc3ccccc23)n(C)c1=O.[Cl-]. The Morgan fingerprint density at radius 2 is 1.85 bits per heavy atom. The first kappa shape index (κ1) is 24.5. The first-order chi connectivity index (χ1) is 15.5. The van der Waals surface area contributed by atoms with Crippen molar-refractivity contribution >= 4 is 21.9 Å². The quantitative estimate of drug-likeness (QED) is 0.252. The monoisotopic (exact) mass is 473 g/mol. The molecule has 0 saturated heterocycles. The highest BCUT2D eigenvalue weighted by atomic mass is 35.5. The van der Waals surface area contributed by atoms with Crippen LogP contribution in [-0.2, 0) is 20.6 Å². The first-order valence-corrected chi connectivity index (χ1v) is 10.7. The van der Waals surface area contributed by atoms with Gasteiger partial charge in [0.25, 0.3) is 5.56 Å². The summed E-state index contributed by atoms with van der Waals surface area (Å²) in [5.41, 5.74) is 0.0904. The van der Waals surface area contributed by atoms with Gasteiger partial charge in [-0.2, -0.15) is 0 Å². The van der Waals surface area contributed by atoms with Crippen LogP contribution in [0.15, 0.2) is 58.4 Å². The molecule has 1 unspecified atom stereocenters. The molecule has 0 aliphatic carbocycles. The largest absolute Gasteiger partial charge is 1.00 e. The van der Waals surface area contributed by atoms with E-state index in [1.165, 1.54) is 11.6 Å². The number of imidazole rings is 1. The Hall–Kier alpha value is -3.14. The lowest BCUT2D eigenvalue weighted by Gasteiger charge is -2.13. The van der Waals surface area contributed by atoms with Crippen molar-refractivity contribution in [2.75, 3.05) is 19.7 Å². The molecule has 0 aliphatic heterocycles. The first-order valence-electron chi connectivity index (χ1n) is 10.7. The van der Waals surface area contributed by atoms with E-state index in [1.807, 2.05) is 47.8 Å². The van der Waals surface area contributed by atoms with E-state index >= 15 is 0 Å². The number of fused-ring (bicyclic) bond motifs is 2. The maximum Gasteiger partial charge on any atom is 0.332 e. The molecule has 3 N–H and O–H groups in total. The normalized spacial score (nSPS) is 12.1. The van der Waals surface area contributed by atoms with Crippen LogP contribution in [0.3, 0.4) is 0 Å². The Morgan fingerprint density at radius 3 is 2.67 bits per heavy atom. The van der Waals surface area contributed by atoms with E-state index in [1.54, 1.807) is 17.9 Å². The number of benzene rings is 2. The molecule has 176 valence electrons. The summed E-state index contributed by atoms with van der Waals surface area (Å²) in [6.45, 7) is 2.12. The zero-order valence-corrected chi connectivity index (χ0v) is 19.4. The number of aromatic nitrogens is 4. The van der Waals surface area contributed by atoms with Gasteiger partial charge in [0.15, 0.2) is 11.2 Å². The second-order valence-corrected chi connectivity index (χ2v) is 7.92. The van der Waals surface area contributed by atoms with Crippen molar-refractivity contribution in [3.63, 3.8) is 0 Å². The Balaban J connectivity index is 0.00000306. The minimum atomic E-state index is -0.593. The number of nitrogens with two attached hydrogens (primary N) is 1. The van der Waals surface area contributed by atoms with Gasteiger partial charge < -0.3 is 32.1 Å². The molecular weight excluding hydrogens is 446 g/mol. The summed E-state index contributed by atoms with van der Waals surface area (Å²) in [5, 5.41) is 14.4. The second kappa shape index (κ2) is 10.7. The number of aryl methyl sites for hydroxylation is 2. The summed E-state index contributed by atoms with van der Waals surface area (Å²) >= 11 is 0. The van der Waals surface area contributed by atoms with Crippen molar-refractivity contribution in [3.8, 4) is 5.75 Å². The lowest BCUT2D eigenvalue weighted by molar-refractivity contribution is -0.661. The Morgan fingerprint density at radius 1 is 1.09 bits per heavy atom. The van der Waals surface area contributed by atoms with Crippen molar-refractivity contribution in [2.45, 2.75) is 19.1 Å². The van der Waals surface area contributed by atoms with Gasteiger partial charge in [-0.25, -0.2) is 9.78 Å². The molecule has 10 heteroatoms. The van der Waals surface area contributed by atoms with E-state index < -0.39 is 6.10 Å². The lowest BCUT2D eigenvalue weighted by atomic mass is 10.1. The molecule has 0 radical (unpaired) electrons. The minimum Gasteiger partial charge on any atom is -1.00 e. The highest BCUT2D eigenvalue weighted by Crippen LogP contribution is 2.25. The van der Waals surface area contributed by atoms with Gasteiger partial charge in [-0.15, -0.1) is 0 Å². The molecular formula is C23H28ClN5O4. The van der Waals surface area contributed by atoms with Crippen LogP contribution in [0.1, 0.15) is 6.42 Å². The van der Waals surface area contributed by atoms with E-state index in [-0.39, 0.29) is 30.3 Å². The minimum absolute atomic E-state index is 0. The summed E-state index contributed by atoms with van der Waals surface area (Å²) in [6.07, 6.45) is 1.79. The summed E-state index contributed by atoms with van der Waals surface area (Å²) in [6, 6.07) is 13.9. The number of quaternary nitrogens is 1. The third-order valence-electron chi connectivity index (χ3n) is 5.64. The summed E-state index contributed by atoms with van der Waals surface area (Å²) in [7, 11) is 3.08. The maximum atomic E-state index is 12.5. The van der Waals surface area contributed by atoms with Gasteiger partial charge in [0.2, 0.25) is 0 Å². The molecule has 0 fully saturated rings. The Bertz CT molecular complexity index is 1360. The molecule has 0 spiro atoms. The van der Waals surface area contributed by atoms with Crippen molar-refractivity contribution in [1.82, 2.24) is 18.7 Å². The molecule has 1 atom stereocenters. The smallest absolute Gasteiger partial charge is 0.332 e. The molecule has 0 bridgehead atoms. The molecule has 9 nitrogen and oxygen atoms in total. The number of nitrogens with zero attached hydrogens (tertiary/aromatic N) is 4. The molecule has 33 heavy (non-hydrogen) atoms. The predicted molar refractivity (Wildman–Crippen MR) is 122 cm³/mol. The number of rotatable bonds is 9. The highest BCUT2D eigenvalue weighted by molar-refractivity contribution is 5.88. The Labute approximate surface area is 196 Å². The number of hydrogen-bond acceptors (Lipinski definition) is 5. The molecule has 0 aliphatic rings. The number of aliphatic hydroxyl groups is 1. The van der Waals surface area contributed by atoms with E-state index in [4.69, 9.17) is 4.74 Å². The van der Waals surface area contributed by atoms with Gasteiger partial charge in [0.05, 0.1) is 12.9 Å². The van der Waals surface area contributed by atoms with Gasteiger partial charge in [-0.1, -0.05) is 36.4 Å². The van der Waals surface area contributed by atoms with Crippen LogP contribution in [0.4, 0.5) is 0 Å². The van der Waals surface area contributed by atoms with Gasteiger partial charge in [0, 0.05) is 32.4 Å². The average Bonchev–Trinajstić information content (AvgIpc) is 3.24. The fraction of sp³-hybridized carbons (Fsp3) is 0.348. The third-order valence-corrected chi connectivity index (χ3v) is 5.64. The second-order valence-electron chi connectivity index (χ2n) is 7.92. The van der Waals surface area contributed by atoms with Crippen molar-refractivity contribution < 1.29 is 27.6 Å². The molecule has 0 amide bonds. The van der Waals surface area contributed by atoms with Crippen LogP contribution in [0, 0.1) is 0 Å². The molecule has 2 aromatic heterocycles. The summed E-state index contributed by atoms with van der Waals surface area (Å²) < 4.78 is 10.1.